The summed E-state index contributed by atoms with van der Waals surface area (Å²) in [7, 11) is -4.02. The number of rotatable bonds is 5. The van der Waals surface area contributed by atoms with Crippen LogP contribution in [-0.2, 0) is 24.3 Å². The maximum absolute atomic E-state index is 11.9. The molecular weight excluding hydrogens is 276 g/mol. The Morgan fingerprint density at radius 2 is 2.11 bits per heavy atom. The van der Waals surface area contributed by atoms with Crippen LogP contribution in [0.2, 0.25) is 0 Å². The average Bonchev–Trinajstić information content (AvgIpc) is 2.26. The number of hydrogen-bond donors (Lipinski definition) is 2. The van der Waals surface area contributed by atoms with Crippen LogP contribution in [0, 0.1) is 0 Å². The molecule has 0 bridgehead atoms. The van der Waals surface area contributed by atoms with E-state index in [1.807, 2.05) is 0 Å². The van der Waals surface area contributed by atoms with Crippen LogP contribution in [0.15, 0.2) is 0 Å². The molecular formula is C10H18N2O6S. The SMILES string of the molecule is CC(C)NC(=O)C1COCCN1S(=O)(=O)CC(=O)O. The number of carbonyl (C=O) groups is 2. The highest BCUT2D eigenvalue weighted by atomic mass is 32.2. The molecule has 0 spiro atoms. The van der Waals surface area contributed by atoms with Crippen LogP contribution in [0.3, 0.4) is 0 Å². The molecule has 9 heteroatoms. The third kappa shape index (κ3) is 4.44. The van der Waals surface area contributed by atoms with E-state index in [4.69, 9.17) is 9.84 Å². The fourth-order valence-corrected chi connectivity index (χ4v) is 3.12. The number of morpholine rings is 1. The minimum atomic E-state index is -4.02. The van der Waals surface area contributed by atoms with Gasteiger partial charge in [0.15, 0.2) is 5.75 Å². The van der Waals surface area contributed by atoms with E-state index in [9.17, 15) is 18.0 Å². The summed E-state index contributed by atoms with van der Waals surface area (Å²) < 4.78 is 29.8. The maximum Gasteiger partial charge on any atom is 0.320 e. The molecule has 0 saturated carbocycles. The Hall–Kier alpha value is -1.19. The summed E-state index contributed by atoms with van der Waals surface area (Å²) >= 11 is 0. The lowest BCUT2D eigenvalue weighted by Crippen LogP contribution is -2.57. The third-order valence-electron chi connectivity index (χ3n) is 2.48. The van der Waals surface area contributed by atoms with Crippen LogP contribution in [0.4, 0.5) is 0 Å². The Bertz CT molecular complexity index is 447. The highest BCUT2D eigenvalue weighted by molar-refractivity contribution is 7.89. The molecule has 0 aromatic carbocycles. The van der Waals surface area contributed by atoms with E-state index in [0.29, 0.717) is 0 Å². The minimum absolute atomic E-state index is 0.0220. The fourth-order valence-electron chi connectivity index (χ4n) is 1.75. The van der Waals surface area contributed by atoms with Gasteiger partial charge in [-0.25, -0.2) is 8.42 Å². The summed E-state index contributed by atoms with van der Waals surface area (Å²) in [5, 5.41) is 11.2. The van der Waals surface area contributed by atoms with Gasteiger partial charge in [-0.2, -0.15) is 4.31 Å². The Labute approximate surface area is 111 Å². The Balaban J connectivity index is 2.89. The lowest BCUT2D eigenvalue weighted by molar-refractivity contribution is -0.134. The van der Waals surface area contributed by atoms with Gasteiger partial charge in [0.2, 0.25) is 15.9 Å². The third-order valence-corrected chi connectivity index (χ3v) is 4.24. The highest BCUT2D eigenvalue weighted by Gasteiger charge is 2.38. The number of nitrogens with one attached hydrogen (secondary N) is 1. The number of nitrogens with zero attached hydrogens (tertiary/aromatic N) is 1. The molecule has 8 nitrogen and oxygen atoms in total. The summed E-state index contributed by atoms with van der Waals surface area (Å²) in [5.74, 6) is -2.96. The van der Waals surface area contributed by atoms with Crippen LogP contribution in [0.25, 0.3) is 0 Å². The van der Waals surface area contributed by atoms with Crippen LogP contribution in [0.5, 0.6) is 0 Å². The molecule has 110 valence electrons. The molecule has 0 aromatic heterocycles. The van der Waals surface area contributed by atoms with Crippen molar-refractivity contribution in [3.8, 4) is 0 Å². The van der Waals surface area contributed by atoms with Crippen LogP contribution >= 0.6 is 0 Å². The average molecular weight is 294 g/mol. The predicted octanol–water partition coefficient (Wildman–Crippen LogP) is -1.37. The summed E-state index contributed by atoms with van der Waals surface area (Å²) in [6.07, 6.45) is 0. The van der Waals surface area contributed by atoms with Crippen LogP contribution < -0.4 is 5.32 Å². The van der Waals surface area contributed by atoms with Gasteiger partial charge in [-0.1, -0.05) is 0 Å². The van der Waals surface area contributed by atoms with Gasteiger partial charge in [-0.3, -0.25) is 9.59 Å². The zero-order chi connectivity index (χ0) is 14.6. The predicted molar refractivity (Wildman–Crippen MR) is 66.0 cm³/mol. The molecule has 0 radical (unpaired) electrons. The second-order valence-corrected chi connectivity index (χ2v) is 6.44. The van der Waals surface area contributed by atoms with Crippen molar-refractivity contribution in [2.75, 3.05) is 25.5 Å². The summed E-state index contributed by atoms with van der Waals surface area (Å²) in [6, 6.07) is -1.15. The minimum Gasteiger partial charge on any atom is -0.480 e. The molecule has 19 heavy (non-hydrogen) atoms. The first-order valence-electron chi connectivity index (χ1n) is 5.83. The van der Waals surface area contributed by atoms with Crippen molar-refractivity contribution in [2.45, 2.75) is 25.9 Å². The zero-order valence-corrected chi connectivity index (χ0v) is 11.6. The van der Waals surface area contributed by atoms with Gasteiger partial charge in [0.1, 0.15) is 6.04 Å². The molecule has 0 aliphatic carbocycles. The molecule has 1 aliphatic rings. The van der Waals surface area contributed by atoms with E-state index < -0.39 is 33.7 Å². The largest absolute Gasteiger partial charge is 0.480 e. The van der Waals surface area contributed by atoms with Crippen molar-refractivity contribution >= 4 is 21.9 Å². The molecule has 1 unspecified atom stereocenters. The van der Waals surface area contributed by atoms with Crippen molar-refractivity contribution in [3.05, 3.63) is 0 Å². The summed E-state index contributed by atoms with van der Waals surface area (Å²) in [6.45, 7) is 3.54. The number of ether oxygens (including phenoxy) is 1. The quantitative estimate of drug-likeness (QED) is 0.646. The highest BCUT2D eigenvalue weighted by Crippen LogP contribution is 2.13. The van der Waals surface area contributed by atoms with Crippen molar-refractivity contribution in [3.63, 3.8) is 0 Å². The molecule has 1 rings (SSSR count). The zero-order valence-electron chi connectivity index (χ0n) is 10.8. The standard InChI is InChI=1S/C10H18N2O6S/c1-7(2)11-10(15)8-5-18-4-3-12(8)19(16,17)6-9(13)14/h7-8H,3-6H2,1-2H3,(H,11,15)(H,13,14). The van der Waals surface area contributed by atoms with E-state index >= 15 is 0 Å². The Morgan fingerprint density at radius 3 is 2.63 bits per heavy atom. The van der Waals surface area contributed by atoms with Crippen molar-refractivity contribution in [1.29, 1.82) is 0 Å². The number of carboxylic acids is 1. The van der Waals surface area contributed by atoms with Gasteiger partial charge in [0.05, 0.1) is 13.2 Å². The molecule has 0 aromatic rings. The van der Waals surface area contributed by atoms with Gasteiger partial charge in [0.25, 0.3) is 0 Å². The molecule has 1 fully saturated rings. The number of hydrogen-bond acceptors (Lipinski definition) is 5. The van der Waals surface area contributed by atoms with Gasteiger partial charge in [-0.05, 0) is 13.8 Å². The number of amides is 1. The van der Waals surface area contributed by atoms with Crippen molar-refractivity contribution < 1.29 is 27.9 Å². The molecule has 1 aliphatic heterocycles. The first-order chi connectivity index (χ1) is 8.74. The smallest absolute Gasteiger partial charge is 0.320 e. The fraction of sp³-hybridized carbons (Fsp3) is 0.800. The number of sulfonamides is 1. The summed E-state index contributed by atoms with van der Waals surface area (Å²) in [4.78, 5) is 22.5. The maximum atomic E-state index is 11.9. The first-order valence-corrected chi connectivity index (χ1v) is 7.44. The van der Waals surface area contributed by atoms with E-state index in [2.05, 4.69) is 5.32 Å². The van der Waals surface area contributed by atoms with Crippen molar-refractivity contribution in [2.24, 2.45) is 0 Å². The normalized spacial score (nSPS) is 21.3. The molecule has 2 N–H and O–H groups in total. The van der Waals surface area contributed by atoms with E-state index in [-0.39, 0.29) is 25.8 Å². The number of carbonyl (C=O) groups excluding carboxylic acids is 1. The Kier molecular flexibility index (Phi) is 5.27. The van der Waals surface area contributed by atoms with Crippen molar-refractivity contribution in [1.82, 2.24) is 9.62 Å². The van der Waals surface area contributed by atoms with Gasteiger partial charge >= 0.3 is 5.97 Å². The lowest BCUT2D eigenvalue weighted by Gasteiger charge is -2.33. The molecule has 1 saturated heterocycles. The van der Waals surface area contributed by atoms with E-state index in [1.54, 1.807) is 13.8 Å². The second-order valence-electron chi connectivity index (χ2n) is 4.51. The van der Waals surface area contributed by atoms with E-state index in [0.717, 1.165) is 4.31 Å². The van der Waals surface area contributed by atoms with Crippen LogP contribution in [0.1, 0.15) is 13.8 Å². The molecule has 1 heterocycles. The first kappa shape index (κ1) is 15.9. The lowest BCUT2D eigenvalue weighted by atomic mass is 10.2. The monoisotopic (exact) mass is 294 g/mol. The van der Waals surface area contributed by atoms with Gasteiger partial charge in [-0.15, -0.1) is 0 Å². The Morgan fingerprint density at radius 1 is 1.47 bits per heavy atom. The van der Waals surface area contributed by atoms with E-state index in [1.165, 1.54) is 0 Å². The summed E-state index contributed by atoms with van der Waals surface area (Å²) in [5.41, 5.74) is 0. The molecule has 1 atom stereocenters. The second kappa shape index (κ2) is 6.31. The van der Waals surface area contributed by atoms with Gasteiger partial charge < -0.3 is 15.2 Å². The molecule has 1 amide bonds. The number of carboxylic acid groups (broad SMARTS) is 1. The van der Waals surface area contributed by atoms with Gasteiger partial charge in [0, 0.05) is 12.6 Å². The van der Waals surface area contributed by atoms with Crippen LogP contribution in [-0.4, -0.2) is 67.3 Å². The topological polar surface area (TPSA) is 113 Å². The number of aliphatic carboxylic acids is 1.